The Morgan fingerprint density at radius 1 is 0.933 bits per heavy atom. The molecule has 3 heteroatoms. The van der Waals surface area contributed by atoms with Crippen molar-refractivity contribution in [2.45, 2.75) is 0 Å². The number of aromatic nitrogens is 2. The highest BCUT2D eigenvalue weighted by molar-refractivity contribution is 7.40. The van der Waals surface area contributed by atoms with Crippen LogP contribution in [0.1, 0.15) is 0 Å². The first kappa shape index (κ1) is 8.63. The maximum atomic E-state index is 4.59. The van der Waals surface area contributed by atoms with Gasteiger partial charge in [-0.2, -0.15) is 0 Å². The van der Waals surface area contributed by atoms with E-state index in [4.69, 9.17) is 0 Å². The standard InChI is InChI=1S/C12H9N2P/c1-2-7-11-9(5-1)14-12(15-11)10-6-3-4-8-13-10/h1-8,15H. The fraction of sp³-hybridized carbons (Fsp3) is 0. The van der Waals surface area contributed by atoms with Crippen molar-refractivity contribution < 1.29 is 0 Å². The molecule has 0 radical (unpaired) electrons. The smallest absolute Gasteiger partial charge is 0.106 e. The van der Waals surface area contributed by atoms with Gasteiger partial charge >= 0.3 is 0 Å². The van der Waals surface area contributed by atoms with E-state index in [9.17, 15) is 0 Å². The first-order valence-corrected chi connectivity index (χ1v) is 5.80. The van der Waals surface area contributed by atoms with E-state index in [1.807, 2.05) is 30.5 Å². The topological polar surface area (TPSA) is 25.8 Å². The first-order chi connectivity index (χ1) is 7.43. The van der Waals surface area contributed by atoms with Gasteiger partial charge in [0.2, 0.25) is 0 Å². The molecular formula is C12H9N2P. The van der Waals surface area contributed by atoms with E-state index < -0.39 is 0 Å². The Morgan fingerprint density at radius 2 is 1.80 bits per heavy atom. The lowest BCUT2D eigenvalue weighted by molar-refractivity contribution is 1.31. The lowest BCUT2D eigenvalue weighted by Crippen LogP contribution is -1.78. The highest BCUT2D eigenvalue weighted by Crippen LogP contribution is 2.32. The molecule has 3 rings (SSSR count). The number of hydrogen-bond acceptors (Lipinski definition) is 2. The summed E-state index contributed by atoms with van der Waals surface area (Å²) in [5, 5.41) is 1.32. The Balaban J connectivity index is 2.21. The van der Waals surface area contributed by atoms with Crippen LogP contribution in [0, 0.1) is 0 Å². The van der Waals surface area contributed by atoms with Gasteiger partial charge in [0.15, 0.2) is 0 Å². The van der Waals surface area contributed by atoms with Gasteiger partial charge in [-0.15, -0.1) is 8.19 Å². The van der Waals surface area contributed by atoms with Crippen LogP contribution in [0.15, 0.2) is 48.7 Å². The Bertz CT molecular complexity index is 554. The van der Waals surface area contributed by atoms with Crippen LogP contribution in [0.25, 0.3) is 21.8 Å². The molecule has 2 nitrogen and oxygen atoms in total. The Morgan fingerprint density at radius 3 is 2.60 bits per heavy atom. The summed E-state index contributed by atoms with van der Waals surface area (Å²) in [6.45, 7) is 0. The molecule has 1 aromatic carbocycles. The molecule has 0 bridgehead atoms. The average molecular weight is 212 g/mol. The van der Waals surface area contributed by atoms with Crippen LogP contribution < -0.4 is 0 Å². The number of rotatable bonds is 1. The number of para-hydroxylation sites is 1. The third kappa shape index (κ3) is 1.53. The monoisotopic (exact) mass is 212 g/mol. The van der Waals surface area contributed by atoms with Crippen LogP contribution in [0.2, 0.25) is 0 Å². The second kappa shape index (κ2) is 3.48. The van der Waals surface area contributed by atoms with Gasteiger partial charge < -0.3 is 0 Å². The third-order valence-corrected chi connectivity index (χ3v) is 3.59. The van der Waals surface area contributed by atoms with Crippen LogP contribution in [0.5, 0.6) is 0 Å². The van der Waals surface area contributed by atoms with Crippen molar-refractivity contribution in [3.8, 4) is 11.1 Å². The van der Waals surface area contributed by atoms with Gasteiger partial charge in [0.05, 0.1) is 11.2 Å². The fourth-order valence-corrected chi connectivity index (χ4v) is 2.73. The summed E-state index contributed by atoms with van der Waals surface area (Å²) in [5.41, 5.74) is 3.18. The van der Waals surface area contributed by atoms with E-state index in [0.717, 1.165) is 16.6 Å². The molecule has 0 N–H and O–H groups in total. The maximum absolute atomic E-state index is 4.59. The molecule has 1 unspecified atom stereocenters. The van der Waals surface area contributed by atoms with Crippen molar-refractivity contribution in [3.05, 3.63) is 48.7 Å². The second-order valence-corrected chi connectivity index (χ2v) is 4.58. The fourth-order valence-electron chi connectivity index (χ4n) is 1.58. The van der Waals surface area contributed by atoms with Crippen LogP contribution in [0.3, 0.4) is 0 Å². The highest BCUT2D eigenvalue weighted by Gasteiger charge is 2.03. The first-order valence-electron chi connectivity index (χ1n) is 4.80. The summed E-state index contributed by atoms with van der Waals surface area (Å²) < 4.78 is 0. The van der Waals surface area contributed by atoms with Gasteiger partial charge in [0.1, 0.15) is 5.43 Å². The zero-order valence-corrected chi connectivity index (χ0v) is 9.01. The molecule has 15 heavy (non-hydrogen) atoms. The molecule has 0 spiro atoms. The minimum atomic E-state index is 0.636. The molecule has 0 fully saturated rings. The van der Waals surface area contributed by atoms with Crippen molar-refractivity contribution in [3.63, 3.8) is 0 Å². The number of pyridine rings is 1. The maximum Gasteiger partial charge on any atom is 0.106 e. The molecule has 0 saturated carbocycles. The number of benzene rings is 1. The summed E-state index contributed by atoms with van der Waals surface area (Å²) in [6, 6.07) is 14.2. The summed E-state index contributed by atoms with van der Waals surface area (Å²) in [6.07, 6.45) is 1.81. The van der Waals surface area contributed by atoms with Crippen molar-refractivity contribution >= 4 is 18.8 Å². The largest absolute Gasteiger partial charge is 0.254 e. The molecule has 2 aromatic heterocycles. The number of fused-ring (bicyclic) bond motifs is 1. The number of nitrogens with zero attached hydrogens (tertiary/aromatic N) is 2. The number of hydrogen-bond donors (Lipinski definition) is 0. The van der Waals surface area contributed by atoms with Crippen molar-refractivity contribution in [2.75, 3.05) is 0 Å². The molecule has 2 heterocycles. The molecule has 72 valence electrons. The van der Waals surface area contributed by atoms with Gasteiger partial charge in [-0.1, -0.05) is 18.2 Å². The lowest BCUT2D eigenvalue weighted by Gasteiger charge is -1.92. The van der Waals surface area contributed by atoms with E-state index >= 15 is 0 Å². The van der Waals surface area contributed by atoms with E-state index in [-0.39, 0.29) is 0 Å². The summed E-state index contributed by atoms with van der Waals surface area (Å²) in [7, 11) is 0.636. The summed E-state index contributed by atoms with van der Waals surface area (Å²) >= 11 is 0. The molecule has 0 amide bonds. The average Bonchev–Trinajstić information content (AvgIpc) is 2.74. The normalized spacial score (nSPS) is 11.2. The predicted molar refractivity (Wildman–Crippen MR) is 64.5 cm³/mol. The van der Waals surface area contributed by atoms with Crippen LogP contribution in [-0.4, -0.2) is 9.97 Å². The minimum absolute atomic E-state index is 0.636. The van der Waals surface area contributed by atoms with Gasteiger partial charge in [0, 0.05) is 11.3 Å². The van der Waals surface area contributed by atoms with Gasteiger partial charge in [-0.3, -0.25) is 4.98 Å². The third-order valence-electron chi connectivity index (χ3n) is 2.30. The molecule has 0 saturated heterocycles. The lowest BCUT2D eigenvalue weighted by atomic mass is 10.3. The Labute approximate surface area is 89.1 Å². The van der Waals surface area contributed by atoms with Crippen molar-refractivity contribution in [1.29, 1.82) is 0 Å². The molecular weight excluding hydrogens is 203 g/mol. The van der Waals surface area contributed by atoms with Crippen molar-refractivity contribution in [1.82, 2.24) is 9.97 Å². The van der Waals surface area contributed by atoms with E-state index in [2.05, 4.69) is 28.2 Å². The Hall–Kier alpha value is -1.66. The van der Waals surface area contributed by atoms with E-state index in [1.165, 1.54) is 5.12 Å². The van der Waals surface area contributed by atoms with Gasteiger partial charge in [-0.05, 0) is 24.3 Å². The second-order valence-electron chi connectivity index (χ2n) is 3.32. The summed E-state index contributed by atoms with van der Waals surface area (Å²) in [4.78, 5) is 8.91. The minimum Gasteiger partial charge on any atom is -0.254 e. The SMILES string of the molecule is c1ccc(-c2nc3ccccc3[pH]2)nc1. The van der Waals surface area contributed by atoms with Crippen LogP contribution in [-0.2, 0) is 0 Å². The quantitative estimate of drug-likeness (QED) is 0.618. The van der Waals surface area contributed by atoms with Gasteiger partial charge in [-0.25, -0.2) is 4.98 Å². The van der Waals surface area contributed by atoms with Crippen molar-refractivity contribution in [2.24, 2.45) is 0 Å². The molecule has 0 aliphatic carbocycles. The Kier molecular flexibility index (Phi) is 2.01. The van der Waals surface area contributed by atoms with E-state index in [1.54, 1.807) is 0 Å². The zero-order chi connectivity index (χ0) is 10.1. The predicted octanol–water partition coefficient (Wildman–Crippen LogP) is 3.33. The highest BCUT2D eigenvalue weighted by atomic mass is 31.0. The molecule has 1 atom stereocenters. The summed E-state index contributed by atoms with van der Waals surface area (Å²) in [5.74, 6) is 0. The van der Waals surface area contributed by atoms with Crippen LogP contribution >= 0.6 is 8.19 Å². The van der Waals surface area contributed by atoms with Gasteiger partial charge in [0.25, 0.3) is 0 Å². The molecule has 0 aliphatic heterocycles. The zero-order valence-electron chi connectivity index (χ0n) is 8.01. The van der Waals surface area contributed by atoms with Crippen LogP contribution in [0.4, 0.5) is 0 Å². The molecule has 3 aromatic rings. The molecule has 0 aliphatic rings. The van der Waals surface area contributed by atoms with E-state index in [0.29, 0.717) is 8.19 Å².